The third-order valence-corrected chi connectivity index (χ3v) is 4.52. The monoisotopic (exact) mass is 367 g/mol. The highest BCUT2D eigenvalue weighted by molar-refractivity contribution is 7.12. The Kier molecular flexibility index (Phi) is 5.26. The molecular formula is C16H14ClNO5S. The molecule has 0 spiro atoms. The second-order valence-electron chi connectivity index (χ2n) is 4.94. The lowest BCUT2D eigenvalue weighted by molar-refractivity contribution is 0.0599. The number of carbonyl (C=O) groups excluding carboxylic acids is 2. The second-order valence-corrected chi connectivity index (χ2v) is 6.81. The molecule has 0 aliphatic heterocycles. The number of aryl methyl sites for hydroxylation is 2. The van der Waals surface area contributed by atoms with Crippen LogP contribution in [0.15, 0.2) is 18.2 Å². The van der Waals surface area contributed by atoms with Crippen LogP contribution in [0.1, 0.15) is 40.8 Å². The Morgan fingerprint density at radius 1 is 1.12 bits per heavy atom. The van der Waals surface area contributed by atoms with E-state index in [0.29, 0.717) is 9.75 Å². The highest BCUT2D eigenvalue weighted by atomic mass is 35.5. The smallest absolute Gasteiger partial charge is 0.337 e. The number of carbonyl (C=O) groups is 3. The van der Waals surface area contributed by atoms with Crippen molar-refractivity contribution < 1.29 is 24.2 Å². The fourth-order valence-corrected chi connectivity index (χ4v) is 3.59. The molecule has 8 heteroatoms. The number of rotatable bonds is 4. The molecule has 2 N–H and O–H groups in total. The van der Waals surface area contributed by atoms with Gasteiger partial charge in [-0.2, -0.15) is 0 Å². The Hall–Kier alpha value is -2.38. The van der Waals surface area contributed by atoms with Crippen molar-refractivity contribution in [2.24, 2.45) is 0 Å². The molecule has 0 unspecified atom stereocenters. The van der Waals surface area contributed by atoms with Gasteiger partial charge in [-0.15, -0.1) is 11.3 Å². The predicted octanol–water partition coefficient (Wildman–Crippen LogP) is 3.76. The number of thiophene rings is 1. The molecule has 0 atom stereocenters. The van der Waals surface area contributed by atoms with E-state index >= 15 is 0 Å². The van der Waals surface area contributed by atoms with Gasteiger partial charge in [0, 0.05) is 20.5 Å². The minimum atomic E-state index is -1.16. The summed E-state index contributed by atoms with van der Waals surface area (Å²) in [5.41, 5.74) is 0.527. The van der Waals surface area contributed by atoms with Crippen LogP contribution < -0.4 is 5.32 Å². The zero-order valence-electron chi connectivity index (χ0n) is 13.1. The first kappa shape index (κ1) is 18.0. The van der Waals surface area contributed by atoms with Gasteiger partial charge in [0.2, 0.25) is 0 Å². The van der Waals surface area contributed by atoms with Gasteiger partial charge in [-0.25, -0.2) is 9.59 Å². The van der Waals surface area contributed by atoms with Crippen LogP contribution in [0.3, 0.4) is 0 Å². The summed E-state index contributed by atoms with van der Waals surface area (Å²) >= 11 is 7.18. The largest absolute Gasteiger partial charge is 0.478 e. The molecule has 0 saturated carbocycles. The number of hydrogen-bond acceptors (Lipinski definition) is 5. The Labute approximate surface area is 147 Å². The number of anilines is 1. The van der Waals surface area contributed by atoms with E-state index in [2.05, 4.69) is 10.1 Å². The molecule has 1 amide bonds. The lowest BCUT2D eigenvalue weighted by atomic mass is 10.1. The highest BCUT2D eigenvalue weighted by Crippen LogP contribution is 2.29. The van der Waals surface area contributed by atoms with Gasteiger partial charge < -0.3 is 15.2 Å². The van der Waals surface area contributed by atoms with Gasteiger partial charge in [-0.3, -0.25) is 4.79 Å². The third kappa shape index (κ3) is 3.58. The maximum atomic E-state index is 12.5. The van der Waals surface area contributed by atoms with Crippen LogP contribution in [-0.2, 0) is 4.74 Å². The number of methoxy groups -OCH3 is 1. The Bertz CT molecular complexity index is 843. The average Bonchev–Trinajstić information content (AvgIpc) is 2.80. The molecule has 6 nitrogen and oxygen atoms in total. The van der Waals surface area contributed by atoms with Crippen LogP contribution in [0, 0.1) is 13.8 Å². The van der Waals surface area contributed by atoms with Crippen molar-refractivity contribution in [1.82, 2.24) is 0 Å². The van der Waals surface area contributed by atoms with Crippen LogP contribution in [0.5, 0.6) is 0 Å². The van der Waals surface area contributed by atoms with Gasteiger partial charge in [0.15, 0.2) is 0 Å². The van der Waals surface area contributed by atoms with Gasteiger partial charge in [-0.1, -0.05) is 11.6 Å². The van der Waals surface area contributed by atoms with E-state index in [-0.39, 0.29) is 27.4 Å². The molecule has 1 heterocycles. The number of esters is 1. The summed E-state index contributed by atoms with van der Waals surface area (Å²) in [4.78, 5) is 36.6. The van der Waals surface area contributed by atoms with Crippen LogP contribution in [0.4, 0.5) is 5.69 Å². The van der Waals surface area contributed by atoms with Crippen molar-refractivity contribution in [3.63, 3.8) is 0 Å². The number of carboxylic acids is 1. The molecule has 1 aromatic carbocycles. The molecule has 1 aromatic heterocycles. The third-order valence-electron chi connectivity index (χ3n) is 3.28. The van der Waals surface area contributed by atoms with Crippen LogP contribution in [0.2, 0.25) is 5.02 Å². The van der Waals surface area contributed by atoms with E-state index in [1.165, 1.54) is 36.6 Å². The van der Waals surface area contributed by atoms with E-state index in [0.717, 1.165) is 0 Å². The van der Waals surface area contributed by atoms with Gasteiger partial charge in [0.25, 0.3) is 5.91 Å². The summed E-state index contributed by atoms with van der Waals surface area (Å²) in [6.07, 6.45) is 0. The molecule has 0 fully saturated rings. The molecular weight excluding hydrogens is 354 g/mol. The minimum absolute atomic E-state index is 0.0229. The Morgan fingerprint density at radius 2 is 1.75 bits per heavy atom. The molecule has 24 heavy (non-hydrogen) atoms. The SMILES string of the molecule is COC(=O)c1cc(Cl)cc(NC(=O)c2c(C)sc(C)c2C(=O)O)c1. The van der Waals surface area contributed by atoms with Crippen LogP contribution in [0.25, 0.3) is 0 Å². The van der Waals surface area contributed by atoms with Crippen molar-refractivity contribution in [1.29, 1.82) is 0 Å². The topological polar surface area (TPSA) is 92.7 Å². The van der Waals surface area contributed by atoms with Crippen LogP contribution >= 0.6 is 22.9 Å². The van der Waals surface area contributed by atoms with E-state index in [9.17, 15) is 19.5 Å². The number of nitrogens with one attached hydrogen (secondary N) is 1. The Morgan fingerprint density at radius 3 is 2.33 bits per heavy atom. The van der Waals surface area contributed by atoms with Crippen molar-refractivity contribution >= 4 is 46.5 Å². The normalized spacial score (nSPS) is 10.3. The highest BCUT2D eigenvalue weighted by Gasteiger charge is 2.24. The molecule has 2 rings (SSSR count). The standard InChI is InChI=1S/C16H14ClNO5S/c1-7-12(13(15(20)21)8(2)24-7)14(19)18-11-5-9(16(22)23-3)4-10(17)6-11/h4-6H,1-3H3,(H,18,19)(H,20,21). The van der Waals surface area contributed by atoms with Gasteiger partial charge >= 0.3 is 11.9 Å². The summed E-state index contributed by atoms with van der Waals surface area (Å²) in [6, 6.07) is 4.28. The number of ether oxygens (including phenoxy) is 1. The molecule has 0 bridgehead atoms. The zero-order valence-corrected chi connectivity index (χ0v) is 14.7. The lowest BCUT2D eigenvalue weighted by Gasteiger charge is -2.09. The van der Waals surface area contributed by atoms with Gasteiger partial charge in [-0.05, 0) is 32.0 Å². The summed E-state index contributed by atoms with van der Waals surface area (Å²) in [5, 5.41) is 12.1. The number of amides is 1. The van der Waals surface area contributed by atoms with Crippen LogP contribution in [-0.4, -0.2) is 30.1 Å². The number of carboxylic acid groups (broad SMARTS) is 1. The fraction of sp³-hybridized carbons (Fsp3) is 0.188. The van der Waals surface area contributed by atoms with Crippen molar-refractivity contribution in [3.05, 3.63) is 49.7 Å². The minimum Gasteiger partial charge on any atom is -0.478 e. The maximum Gasteiger partial charge on any atom is 0.337 e. The molecule has 0 aliphatic carbocycles. The van der Waals surface area contributed by atoms with E-state index < -0.39 is 17.8 Å². The first-order valence-corrected chi connectivity index (χ1v) is 7.97. The number of hydrogen-bond donors (Lipinski definition) is 2. The van der Waals surface area contributed by atoms with Crippen molar-refractivity contribution in [3.8, 4) is 0 Å². The number of aromatic carboxylic acids is 1. The van der Waals surface area contributed by atoms with Gasteiger partial charge in [0.1, 0.15) is 0 Å². The Balaban J connectivity index is 2.39. The van der Waals surface area contributed by atoms with E-state index in [1.54, 1.807) is 13.8 Å². The summed E-state index contributed by atoms with van der Waals surface area (Å²) in [5.74, 6) is -2.34. The first-order chi connectivity index (χ1) is 11.2. The zero-order chi connectivity index (χ0) is 18.0. The number of benzene rings is 1. The molecule has 2 aromatic rings. The summed E-state index contributed by atoms with van der Waals surface area (Å²) in [7, 11) is 1.23. The summed E-state index contributed by atoms with van der Waals surface area (Å²) < 4.78 is 4.62. The van der Waals surface area contributed by atoms with Gasteiger partial charge in [0.05, 0.1) is 23.8 Å². The number of halogens is 1. The molecule has 0 saturated heterocycles. The second kappa shape index (κ2) is 7.02. The van der Waals surface area contributed by atoms with Crippen molar-refractivity contribution in [2.45, 2.75) is 13.8 Å². The predicted molar refractivity (Wildman–Crippen MR) is 91.5 cm³/mol. The molecule has 126 valence electrons. The average molecular weight is 368 g/mol. The van der Waals surface area contributed by atoms with E-state index in [1.807, 2.05) is 0 Å². The summed E-state index contributed by atoms with van der Waals surface area (Å²) in [6.45, 7) is 3.32. The van der Waals surface area contributed by atoms with Crippen molar-refractivity contribution in [2.75, 3.05) is 12.4 Å². The molecule has 0 aliphatic rings. The quantitative estimate of drug-likeness (QED) is 0.802. The first-order valence-electron chi connectivity index (χ1n) is 6.78. The molecule has 0 radical (unpaired) electrons. The maximum absolute atomic E-state index is 12.5. The fourth-order valence-electron chi connectivity index (χ4n) is 2.31. The lowest BCUT2D eigenvalue weighted by Crippen LogP contribution is -2.17. The van der Waals surface area contributed by atoms with E-state index in [4.69, 9.17) is 11.6 Å².